The van der Waals surface area contributed by atoms with Gasteiger partial charge in [0.25, 0.3) is 0 Å². The Kier molecular flexibility index (Phi) is 4.02. The number of hydrogen-bond acceptors (Lipinski definition) is 4. The Balaban J connectivity index is 2.98. The van der Waals surface area contributed by atoms with Crippen LogP contribution in [-0.4, -0.2) is 29.6 Å². The Bertz CT molecular complexity index is 429. The number of nitrogens with one attached hydrogen (secondary N) is 1. The first-order chi connectivity index (χ1) is 7.67. The third-order valence-corrected chi connectivity index (χ3v) is 1.69. The van der Waals surface area contributed by atoms with Crippen LogP contribution in [-0.2, 0) is 9.59 Å². The smallest absolute Gasteiger partial charge is 0.328 e. The van der Waals surface area contributed by atoms with Gasteiger partial charge >= 0.3 is 5.97 Å². The van der Waals surface area contributed by atoms with Gasteiger partial charge in [0.2, 0.25) is 12.3 Å². The summed E-state index contributed by atoms with van der Waals surface area (Å²) < 4.78 is 4.93. The van der Waals surface area contributed by atoms with Gasteiger partial charge < -0.3 is 15.2 Å². The summed E-state index contributed by atoms with van der Waals surface area (Å²) in [5.74, 6) is -0.838. The fourth-order valence-electron chi connectivity index (χ4n) is 1.03. The van der Waals surface area contributed by atoms with Crippen molar-refractivity contribution in [2.24, 2.45) is 0 Å². The Morgan fingerprint density at radius 3 is 2.88 bits per heavy atom. The van der Waals surface area contributed by atoms with Gasteiger partial charge in [0.1, 0.15) is 5.69 Å². The monoisotopic (exact) mass is 222 g/mol. The lowest BCUT2D eigenvalue weighted by atomic mass is 10.3. The summed E-state index contributed by atoms with van der Waals surface area (Å²) in [6, 6.07) is 3.13. The number of rotatable bonds is 5. The van der Waals surface area contributed by atoms with Gasteiger partial charge in [0, 0.05) is 6.08 Å². The zero-order valence-corrected chi connectivity index (χ0v) is 8.51. The minimum absolute atomic E-state index is 0.222. The summed E-state index contributed by atoms with van der Waals surface area (Å²) in [6.45, 7) is 0. The van der Waals surface area contributed by atoms with E-state index in [1.165, 1.54) is 13.2 Å². The molecule has 2 N–H and O–H groups in total. The average molecular weight is 222 g/mol. The van der Waals surface area contributed by atoms with E-state index in [-0.39, 0.29) is 5.88 Å². The van der Waals surface area contributed by atoms with Crippen molar-refractivity contribution in [3.8, 4) is 5.88 Å². The number of amides is 1. The van der Waals surface area contributed by atoms with E-state index in [1.54, 1.807) is 12.1 Å². The molecule has 0 unspecified atom stereocenters. The summed E-state index contributed by atoms with van der Waals surface area (Å²) in [6.07, 6.45) is 2.80. The molecule has 1 rings (SSSR count). The van der Waals surface area contributed by atoms with Crippen LogP contribution in [0.5, 0.6) is 5.88 Å². The molecule has 6 nitrogen and oxygen atoms in total. The summed E-state index contributed by atoms with van der Waals surface area (Å²) in [7, 11) is 1.41. The second kappa shape index (κ2) is 5.50. The summed E-state index contributed by atoms with van der Waals surface area (Å²) >= 11 is 0. The third-order valence-electron chi connectivity index (χ3n) is 1.69. The molecule has 0 atom stereocenters. The summed E-state index contributed by atoms with van der Waals surface area (Å²) in [5.41, 5.74) is 0.848. The van der Waals surface area contributed by atoms with Crippen LogP contribution < -0.4 is 10.1 Å². The van der Waals surface area contributed by atoms with E-state index >= 15 is 0 Å². The first-order valence-electron chi connectivity index (χ1n) is 4.33. The minimum atomic E-state index is -1.06. The summed E-state index contributed by atoms with van der Waals surface area (Å²) in [4.78, 5) is 24.5. The molecule has 0 spiro atoms. The van der Waals surface area contributed by atoms with Gasteiger partial charge in [-0.2, -0.15) is 0 Å². The molecule has 0 aliphatic carbocycles. The van der Waals surface area contributed by atoms with E-state index in [0.717, 1.165) is 6.08 Å². The number of aromatic nitrogens is 1. The van der Waals surface area contributed by atoms with E-state index in [1.807, 2.05) is 0 Å². The molecule has 0 saturated carbocycles. The van der Waals surface area contributed by atoms with Crippen LogP contribution in [0.15, 0.2) is 18.2 Å². The number of anilines is 1. The molecule has 0 saturated heterocycles. The molecule has 84 valence electrons. The first kappa shape index (κ1) is 11.7. The maximum absolute atomic E-state index is 10.3. The molecular weight excluding hydrogens is 212 g/mol. The number of carboxylic acid groups (broad SMARTS) is 1. The zero-order chi connectivity index (χ0) is 12.0. The SMILES string of the molecule is COc1nc(/C=C/C(=O)O)ccc1NC=O. The van der Waals surface area contributed by atoms with Crippen LogP contribution in [0, 0.1) is 0 Å². The molecule has 0 radical (unpaired) electrons. The van der Waals surface area contributed by atoms with Gasteiger partial charge in [-0.3, -0.25) is 4.79 Å². The highest BCUT2D eigenvalue weighted by Crippen LogP contribution is 2.21. The molecule has 16 heavy (non-hydrogen) atoms. The van der Waals surface area contributed by atoms with Crippen LogP contribution in [0.1, 0.15) is 5.69 Å². The number of carbonyl (C=O) groups is 2. The fourth-order valence-corrected chi connectivity index (χ4v) is 1.03. The number of carbonyl (C=O) groups excluding carboxylic acids is 1. The van der Waals surface area contributed by atoms with E-state index in [4.69, 9.17) is 9.84 Å². The van der Waals surface area contributed by atoms with Crippen LogP contribution in [0.25, 0.3) is 6.08 Å². The first-order valence-corrected chi connectivity index (χ1v) is 4.33. The highest BCUT2D eigenvalue weighted by molar-refractivity contribution is 5.85. The van der Waals surface area contributed by atoms with Crippen molar-refractivity contribution in [1.29, 1.82) is 0 Å². The lowest BCUT2D eigenvalue weighted by Gasteiger charge is -2.06. The lowest BCUT2D eigenvalue weighted by molar-refractivity contribution is -0.131. The molecule has 1 aromatic rings. The summed E-state index contributed by atoms with van der Waals surface area (Å²) in [5, 5.41) is 10.8. The molecule has 1 aromatic heterocycles. The molecule has 6 heteroatoms. The predicted octanol–water partition coefficient (Wildman–Crippen LogP) is 0.756. The van der Waals surface area contributed by atoms with Gasteiger partial charge in [0.05, 0.1) is 12.8 Å². The molecular formula is C10H10N2O4. The van der Waals surface area contributed by atoms with Crippen molar-refractivity contribution in [1.82, 2.24) is 4.98 Å². The van der Waals surface area contributed by atoms with E-state index in [9.17, 15) is 9.59 Å². The van der Waals surface area contributed by atoms with Crippen molar-refractivity contribution >= 4 is 24.1 Å². The third kappa shape index (κ3) is 3.09. The number of nitrogens with zero attached hydrogens (tertiary/aromatic N) is 1. The lowest BCUT2D eigenvalue weighted by Crippen LogP contribution is -2.00. The van der Waals surface area contributed by atoms with Crippen molar-refractivity contribution in [3.05, 3.63) is 23.9 Å². The van der Waals surface area contributed by atoms with Crippen molar-refractivity contribution in [2.75, 3.05) is 12.4 Å². The Morgan fingerprint density at radius 1 is 1.56 bits per heavy atom. The molecule has 0 aliphatic rings. The molecule has 0 aromatic carbocycles. The number of pyridine rings is 1. The Hall–Kier alpha value is -2.37. The molecule has 1 heterocycles. The van der Waals surface area contributed by atoms with Crippen LogP contribution >= 0.6 is 0 Å². The number of ether oxygens (including phenoxy) is 1. The predicted molar refractivity (Wildman–Crippen MR) is 57.1 cm³/mol. The highest BCUT2D eigenvalue weighted by Gasteiger charge is 2.03. The van der Waals surface area contributed by atoms with E-state index in [0.29, 0.717) is 17.8 Å². The number of carboxylic acids is 1. The minimum Gasteiger partial charge on any atom is -0.479 e. The van der Waals surface area contributed by atoms with E-state index < -0.39 is 5.97 Å². The zero-order valence-electron chi connectivity index (χ0n) is 8.51. The van der Waals surface area contributed by atoms with Gasteiger partial charge in [-0.15, -0.1) is 0 Å². The topological polar surface area (TPSA) is 88.5 Å². The van der Waals surface area contributed by atoms with E-state index in [2.05, 4.69) is 10.3 Å². The number of aliphatic carboxylic acids is 1. The maximum Gasteiger partial charge on any atom is 0.328 e. The van der Waals surface area contributed by atoms with Gasteiger partial charge in [0.15, 0.2) is 0 Å². The van der Waals surface area contributed by atoms with Crippen molar-refractivity contribution in [3.63, 3.8) is 0 Å². The highest BCUT2D eigenvalue weighted by atomic mass is 16.5. The second-order valence-electron chi connectivity index (χ2n) is 2.73. The molecule has 0 bridgehead atoms. The fraction of sp³-hybridized carbons (Fsp3) is 0.100. The number of methoxy groups -OCH3 is 1. The van der Waals surface area contributed by atoms with Crippen LogP contribution in [0.4, 0.5) is 5.69 Å². The van der Waals surface area contributed by atoms with Crippen LogP contribution in [0.2, 0.25) is 0 Å². The maximum atomic E-state index is 10.3. The molecule has 0 aliphatic heterocycles. The normalized spacial score (nSPS) is 10.1. The van der Waals surface area contributed by atoms with Crippen molar-refractivity contribution < 1.29 is 19.4 Å². The largest absolute Gasteiger partial charge is 0.479 e. The van der Waals surface area contributed by atoms with Crippen molar-refractivity contribution in [2.45, 2.75) is 0 Å². The quantitative estimate of drug-likeness (QED) is 0.567. The molecule has 1 amide bonds. The van der Waals surface area contributed by atoms with Gasteiger partial charge in [-0.05, 0) is 18.2 Å². The second-order valence-corrected chi connectivity index (χ2v) is 2.73. The Labute approximate surface area is 91.6 Å². The van der Waals surface area contributed by atoms with Gasteiger partial charge in [-0.25, -0.2) is 9.78 Å². The average Bonchev–Trinajstić information content (AvgIpc) is 2.28. The van der Waals surface area contributed by atoms with Gasteiger partial charge in [-0.1, -0.05) is 0 Å². The standard InChI is InChI=1S/C10H10N2O4/c1-16-10-8(11-6-13)4-2-7(12-10)3-5-9(14)15/h2-6H,1H3,(H,11,13)(H,14,15)/b5-3+. The van der Waals surface area contributed by atoms with Crippen LogP contribution in [0.3, 0.4) is 0 Å². The Morgan fingerprint density at radius 2 is 2.31 bits per heavy atom. The molecule has 0 fully saturated rings. The number of hydrogen-bond donors (Lipinski definition) is 2.